The summed E-state index contributed by atoms with van der Waals surface area (Å²) in [6.45, 7) is -0.274. The largest absolute Gasteiger partial charge is 0.493 e. The van der Waals surface area contributed by atoms with Crippen LogP contribution in [0.1, 0.15) is 28.8 Å². The lowest BCUT2D eigenvalue weighted by molar-refractivity contribution is -0.384. The number of aliphatic hydroxyl groups excluding tert-OH is 1. The molecular weight excluding hydrogens is 585 g/mol. The molecule has 194 valence electrons. The predicted molar refractivity (Wildman–Crippen MR) is 138 cm³/mol. The predicted octanol–water partition coefficient (Wildman–Crippen LogP) is 4.05. The van der Waals surface area contributed by atoms with Crippen LogP contribution in [0.4, 0.5) is 5.69 Å². The van der Waals surface area contributed by atoms with Gasteiger partial charge in [-0.15, -0.1) is 0 Å². The van der Waals surface area contributed by atoms with Crippen LogP contribution < -0.4 is 9.47 Å². The minimum atomic E-state index is -0.599. The molecule has 2 aromatic carbocycles. The molecule has 0 bridgehead atoms. The Labute approximate surface area is 222 Å². The molecule has 0 aliphatic heterocycles. The molecule has 0 spiro atoms. The van der Waals surface area contributed by atoms with Gasteiger partial charge in [-0.25, -0.2) is 4.79 Å². The van der Waals surface area contributed by atoms with Crippen LogP contribution in [-0.4, -0.2) is 62.4 Å². The van der Waals surface area contributed by atoms with E-state index in [0.29, 0.717) is 36.3 Å². The highest BCUT2D eigenvalue weighted by atomic mass is 127. The molecule has 0 saturated carbocycles. The minimum Gasteiger partial charge on any atom is -0.493 e. The maximum Gasteiger partial charge on any atom is 0.338 e. The number of halogens is 1. The van der Waals surface area contributed by atoms with Crippen molar-refractivity contribution in [3.05, 3.63) is 72.9 Å². The van der Waals surface area contributed by atoms with Gasteiger partial charge in [0.1, 0.15) is 12.2 Å². The quantitative estimate of drug-likeness (QED) is 0.0998. The van der Waals surface area contributed by atoms with Crippen molar-refractivity contribution in [3.63, 3.8) is 0 Å². The number of benzene rings is 2. The normalized spacial score (nSPS) is 17.4. The highest BCUT2D eigenvalue weighted by Gasteiger charge is 2.29. The van der Waals surface area contributed by atoms with Gasteiger partial charge in [0.15, 0.2) is 17.8 Å². The van der Waals surface area contributed by atoms with E-state index < -0.39 is 29.4 Å². The molecule has 2 aromatic rings. The Bertz CT molecular complexity index is 1100. The van der Waals surface area contributed by atoms with Crippen molar-refractivity contribution in [2.24, 2.45) is 0 Å². The van der Waals surface area contributed by atoms with Crippen LogP contribution in [0.25, 0.3) is 0 Å². The van der Waals surface area contributed by atoms with Crippen LogP contribution in [0, 0.1) is 13.7 Å². The third-order valence-corrected chi connectivity index (χ3v) is 7.00. The number of nitro benzene ring substituents is 1. The van der Waals surface area contributed by atoms with Gasteiger partial charge >= 0.3 is 5.97 Å². The summed E-state index contributed by atoms with van der Waals surface area (Å²) in [6.07, 6.45) is 1.75. The number of methoxy groups -OCH3 is 3. The van der Waals surface area contributed by atoms with Crippen LogP contribution >= 0.6 is 22.6 Å². The third-order valence-electron chi connectivity index (χ3n) is 5.82. The smallest absolute Gasteiger partial charge is 0.338 e. The first-order valence-corrected chi connectivity index (χ1v) is 12.2. The Kier molecular flexibility index (Phi) is 10.0. The van der Waals surface area contributed by atoms with Crippen LogP contribution in [-0.2, 0) is 20.6 Å². The monoisotopic (exact) mass is 613 g/mol. The van der Waals surface area contributed by atoms with Gasteiger partial charge in [-0.1, -0.05) is 6.07 Å². The SMILES string of the molecule is COc1ccc(CC(OC)OC)c(I)c1O[C@H]1CC[C@H](OC(=O)c2ccc([N+](=O)[O-])cc2)C=C1CO. The van der Waals surface area contributed by atoms with Gasteiger partial charge in [0.05, 0.1) is 27.8 Å². The van der Waals surface area contributed by atoms with E-state index in [0.717, 1.165) is 9.13 Å². The zero-order valence-corrected chi connectivity index (χ0v) is 22.3. The van der Waals surface area contributed by atoms with E-state index in [4.69, 9.17) is 23.7 Å². The standard InChI is InChI=1S/C25H28INO9/c1-32-21-10-6-16(13-22(33-2)34-3)23(26)24(21)36-20-11-9-19(12-17(20)14-28)35-25(29)15-4-7-18(8-5-15)27(30)31/h4-8,10,12,19-20,22,28H,9,11,13-14H2,1-3H3/t19-,20-/m0/s1. The molecule has 36 heavy (non-hydrogen) atoms. The van der Waals surface area contributed by atoms with Crippen LogP contribution in [0.3, 0.4) is 0 Å². The molecule has 1 aliphatic carbocycles. The summed E-state index contributed by atoms with van der Waals surface area (Å²) in [5.41, 5.74) is 1.64. The minimum absolute atomic E-state index is 0.110. The number of hydrogen-bond donors (Lipinski definition) is 1. The van der Waals surface area contributed by atoms with Gasteiger partial charge in [0.25, 0.3) is 5.69 Å². The van der Waals surface area contributed by atoms with Gasteiger partial charge in [0, 0.05) is 32.8 Å². The van der Waals surface area contributed by atoms with Crippen molar-refractivity contribution in [2.75, 3.05) is 27.9 Å². The second kappa shape index (κ2) is 13.0. The number of carbonyl (C=O) groups is 1. The lowest BCUT2D eigenvalue weighted by Gasteiger charge is -2.29. The van der Waals surface area contributed by atoms with E-state index >= 15 is 0 Å². The molecule has 2 atom stereocenters. The van der Waals surface area contributed by atoms with Crippen molar-refractivity contribution in [1.29, 1.82) is 0 Å². The lowest BCUT2D eigenvalue weighted by atomic mass is 9.94. The van der Waals surface area contributed by atoms with Gasteiger partial charge in [-0.05, 0) is 70.8 Å². The molecule has 10 nitrogen and oxygen atoms in total. The molecule has 0 amide bonds. The number of hydrogen-bond acceptors (Lipinski definition) is 9. The second-order valence-electron chi connectivity index (χ2n) is 8.01. The molecule has 0 saturated heterocycles. The molecule has 11 heteroatoms. The highest BCUT2D eigenvalue weighted by molar-refractivity contribution is 14.1. The number of aliphatic hydroxyl groups is 1. The number of ether oxygens (including phenoxy) is 5. The van der Waals surface area contributed by atoms with E-state index in [9.17, 15) is 20.0 Å². The highest BCUT2D eigenvalue weighted by Crippen LogP contribution is 2.38. The summed E-state index contributed by atoms with van der Waals surface area (Å²) in [4.78, 5) is 22.8. The van der Waals surface area contributed by atoms with Crippen molar-refractivity contribution in [1.82, 2.24) is 0 Å². The number of carbonyl (C=O) groups excluding carboxylic acids is 1. The fraction of sp³-hybridized carbons (Fsp3) is 0.400. The number of nitro groups is 1. The molecule has 0 radical (unpaired) electrons. The summed E-state index contributed by atoms with van der Waals surface area (Å²) in [7, 11) is 4.71. The Balaban J connectivity index is 1.75. The molecular formula is C25H28INO9. The maximum atomic E-state index is 12.5. The van der Waals surface area contributed by atoms with E-state index in [-0.39, 0.29) is 17.9 Å². The first-order chi connectivity index (χ1) is 17.3. The zero-order chi connectivity index (χ0) is 26.2. The lowest BCUT2D eigenvalue weighted by Crippen LogP contribution is -2.31. The van der Waals surface area contributed by atoms with Gasteiger partial charge in [-0.2, -0.15) is 0 Å². The number of nitrogens with zero attached hydrogens (tertiary/aromatic N) is 1. The van der Waals surface area contributed by atoms with E-state index in [1.807, 2.05) is 12.1 Å². The average Bonchev–Trinajstić information content (AvgIpc) is 2.89. The van der Waals surface area contributed by atoms with Gasteiger partial charge in [0.2, 0.25) is 0 Å². The van der Waals surface area contributed by atoms with Crippen LogP contribution in [0.15, 0.2) is 48.0 Å². The maximum absolute atomic E-state index is 12.5. The molecule has 1 aliphatic rings. The number of esters is 1. The Morgan fingerprint density at radius 2 is 1.83 bits per heavy atom. The summed E-state index contributed by atoms with van der Waals surface area (Å²) < 4.78 is 28.9. The van der Waals surface area contributed by atoms with Crippen molar-refractivity contribution >= 4 is 34.2 Å². The fourth-order valence-corrected chi connectivity index (χ4v) is 4.62. The molecule has 0 aromatic heterocycles. The molecule has 0 heterocycles. The van der Waals surface area contributed by atoms with Crippen molar-refractivity contribution < 1.29 is 38.5 Å². The van der Waals surface area contributed by atoms with Crippen molar-refractivity contribution in [2.45, 2.75) is 37.8 Å². The molecule has 0 unspecified atom stereocenters. The Hall–Kier alpha value is -2.74. The van der Waals surface area contributed by atoms with Crippen LogP contribution in [0.5, 0.6) is 11.5 Å². The van der Waals surface area contributed by atoms with Gasteiger partial charge in [-0.3, -0.25) is 10.1 Å². The van der Waals surface area contributed by atoms with E-state index in [2.05, 4.69) is 22.6 Å². The Morgan fingerprint density at radius 1 is 1.14 bits per heavy atom. The Morgan fingerprint density at radius 3 is 2.42 bits per heavy atom. The summed E-state index contributed by atoms with van der Waals surface area (Å²) in [5.74, 6) is 0.503. The molecule has 1 N–H and O–H groups in total. The number of rotatable bonds is 11. The molecule has 0 fully saturated rings. The topological polar surface area (TPSA) is 127 Å². The fourth-order valence-electron chi connectivity index (χ4n) is 3.83. The first-order valence-electron chi connectivity index (χ1n) is 11.2. The average molecular weight is 613 g/mol. The first kappa shape index (κ1) is 27.8. The van der Waals surface area contributed by atoms with Crippen LogP contribution in [0.2, 0.25) is 0 Å². The number of non-ortho nitro benzene ring substituents is 1. The summed E-state index contributed by atoms with van der Waals surface area (Å²) >= 11 is 2.19. The van der Waals surface area contributed by atoms with Crippen molar-refractivity contribution in [3.8, 4) is 11.5 Å². The summed E-state index contributed by atoms with van der Waals surface area (Å²) in [5, 5.41) is 20.8. The second-order valence-corrected chi connectivity index (χ2v) is 9.09. The van der Waals surface area contributed by atoms with Gasteiger partial charge < -0.3 is 28.8 Å². The van der Waals surface area contributed by atoms with E-state index in [1.165, 1.54) is 24.3 Å². The van der Waals surface area contributed by atoms with E-state index in [1.54, 1.807) is 27.4 Å². The third kappa shape index (κ3) is 6.72. The zero-order valence-electron chi connectivity index (χ0n) is 20.1. The molecule has 3 rings (SSSR count). The summed E-state index contributed by atoms with van der Waals surface area (Å²) in [6, 6.07) is 8.95.